The van der Waals surface area contributed by atoms with Gasteiger partial charge in [0.05, 0.1) is 18.2 Å². The van der Waals surface area contributed by atoms with Crippen molar-refractivity contribution in [1.82, 2.24) is 9.55 Å². The number of hydrogen-bond donors (Lipinski definition) is 0. The molecule has 3 nitrogen and oxygen atoms in total. The molecule has 1 heterocycles. The summed E-state index contributed by atoms with van der Waals surface area (Å²) in [6.45, 7) is 0. The van der Waals surface area contributed by atoms with Crippen LogP contribution >= 0.6 is 15.9 Å². The maximum atomic E-state index is 8.63. The number of aryl methyl sites for hydroxylation is 1. The topological polar surface area (TPSA) is 41.6 Å². The molecule has 2 rings (SSSR count). The molecule has 0 amide bonds. The van der Waals surface area contributed by atoms with E-state index in [4.69, 9.17) is 5.26 Å². The van der Waals surface area contributed by atoms with Crippen LogP contribution in [0.25, 0.3) is 11.4 Å². The maximum Gasteiger partial charge on any atom is 0.140 e. The highest BCUT2D eigenvalue weighted by atomic mass is 79.9. The number of aromatic nitrogens is 2. The second-order valence-corrected chi connectivity index (χ2v) is 4.43. The highest BCUT2D eigenvalue weighted by Gasteiger charge is 2.07. The lowest BCUT2D eigenvalue weighted by Gasteiger charge is -2.01. The molecule has 0 fully saturated rings. The molecule has 0 aliphatic heterocycles. The van der Waals surface area contributed by atoms with Crippen LogP contribution in [0.1, 0.15) is 5.69 Å². The van der Waals surface area contributed by atoms with Crippen LogP contribution in [0.5, 0.6) is 0 Å². The van der Waals surface area contributed by atoms with Gasteiger partial charge in [0.2, 0.25) is 0 Å². The van der Waals surface area contributed by atoms with E-state index in [1.165, 1.54) is 0 Å². The molecule has 0 N–H and O–H groups in total. The Bertz CT molecular complexity index is 552. The number of benzene rings is 1. The second-order valence-electron chi connectivity index (χ2n) is 3.51. The van der Waals surface area contributed by atoms with E-state index in [2.05, 4.69) is 27.0 Å². The van der Waals surface area contributed by atoms with E-state index >= 15 is 0 Å². The number of nitriles is 1. The number of halogens is 1. The second kappa shape index (κ2) is 4.50. The first-order chi connectivity index (χ1) is 7.70. The third-order valence-corrected chi connectivity index (χ3v) is 2.76. The summed E-state index contributed by atoms with van der Waals surface area (Å²) in [7, 11) is 1.93. The van der Waals surface area contributed by atoms with E-state index in [9.17, 15) is 0 Å². The van der Waals surface area contributed by atoms with Gasteiger partial charge in [0, 0.05) is 23.3 Å². The van der Waals surface area contributed by atoms with Gasteiger partial charge in [0.25, 0.3) is 0 Å². The molecule has 80 valence electrons. The van der Waals surface area contributed by atoms with Crippen molar-refractivity contribution in [2.75, 3.05) is 0 Å². The van der Waals surface area contributed by atoms with Gasteiger partial charge in [-0.3, -0.25) is 0 Å². The quantitative estimate of drug-likeness (QED) is 0.846. The molecule has 0 unspecified atom stereocenters. The highest BCUT2D eigenvalue weighted by Crippen LogP contribution is 2.21. The van der Waals surface area contributed by atoms with Crippen molar-refractivity contribution in [3.05, 3.63) is 40.6 Å². The minimum Gasteiger partial charge on any atom is -0.334 e. The van der Waals surface area contributed by atoms with E-state index in [1.807, 2.05) is 42.1 Å². The van der Waals surface area contributed by atoms with E-state index < -0.39 is 0 Å². The van der Waals surface area contributed by atoms with Crippen molar-refractivity contribution in [3.8, 4) is 17.5 Å². The van der Waals surface area contributed by atoms with Crippen molar-refractivity contribution >= 4 is 15.9 Å². The molecule has 1 aromatic heterocycles. The first kappa shape index (κ1) is 10.9. The summed E-state index contributed by atoms with van der Waals surface area (Å²) in [6.07, 6.45) is 2.24. The zero-order valence-corrected chi connectivity index (χ0v) is 10.4. The summed E-state index contributed by atoms with van der Waals surface area (Å²) in [5.41, 5.74) is 1.85. The lowest BCUT2D eigenvalue weighted by Crippen LogP contribution is -1.90. The normalized spacial score (nSPS) is 10.1. The highest BCUT2D eigenvalue weighted by molar-refractivity contribution is 9.10. The van der Waals surface area contributed by atoms with Crippen LogP contribution in [0.4, 0.5) is 0 Å². The minimum atomic E-state index is 0.349. The maximum absolute atomic E-state index is 8.63. The van der Waals surface area contributed by atoms with E-state index in [-0.39, 0.29) is 0 Å². The Morgan fingerprint density at radius 1 is 1.50 bits per heavy atom. The number of imidazole rings is 1. The minimum absolute atomic E-state index is 0.349. The largest absolute Gasteiger partial charge is 0.334 e. The molecule has 0 aliphatic rings. The zero-order chi connectivity index (χ0) is 11.5. The van der Waals surface area contributed by atoms with Gasteiger partial charge in [-0.1, -0.05) is 28.1 Å². The monoisotopic (exact) mass is 275 g/mol. The van der Waals surface area contributed by atoms with Gasteiger partial charge < -0.3 is 4.57 Å². The van der Waals surface area contributed by atoms with E-state index in [1.54, 1.807) is 0 Å². The Kier molecular flexibility index (Phi) is 3.07. The Balaban J connectivity index is 2.44. The Hall–Kier alpha value is -1.60. The molecule has 0 aliphatic carbocycles. The molecule has 0 radical (unpaired) electrons. The van der Waals surface area contributed by atoms with Crippen molar-refractivity contribution in [1.29, 1.82) is 5.26 Å². The summed E-state index contributed by atoms with van der Waals surface area (Å²) < 4.78 is 2.96. The third-order valence-electron chi connectivity index (χ3n) is 2.27. The molecule has 0 saturated carbocycles. The van der Waals surface area contributed by atoms with Gasteiger partial charge in [-0.15, -0.1) is 0 Å². The van der Waals surface area contributed by atoms with Gasteiger partial charge in [-0.05, 0) is 12.1 Å². The molecule has 0 saturated heterocycles. The van der Waals surface area contributed by atoms with Crippen LogP contribution in [0.3, 0.4) is 0 Å². The van der Waals surface area contributed by atoms with Gasteiger partial charge in [-0.2, -0.15) is 5.26 Å². The van der Waals surface area contributed by atoms with Crippen LogP contribution < -0.4 is 0 Å². The molecule has 2 aromatic rings. The van der Waals surface area contributed by atoms with Gasteiger partial charge in [-0.25, -0.2) is 4.98 Å². The van der Waals surface area contributed by atoms with Crippen LogP contribution in [-0.4, -0.2) is 9.55 Å². The van der Waals surface area contributed by atoms with Crippen molar-refractivity contribution in [3.63, 3.8) is 0 Å². The van der Waals surface area contributed by atoms with Crippen LogP contribution in [-0.2, 0) is 13.5 Å². The van der Waals surface area contributed by atoms with Crippen molar-refractivity contribution in [2.45, 2.75) is 6.42 Å². The van der Waals surface area contributed by atoms with Gasteiger partial charge in [0.1, 0.15) is 5.82 Å². The smallest absolute Gasteiger partial charge is 0.140 e. The van der Waals surface area contributed by atoms with Crippen LogP contribution in [0.2, 0.25) is 0 Å². The number of nitrogens with zero attached hydrogens (tertiary/aromatic N) is 3. The first-order valence-electron chi connectivity index (χ1n) is 4.86. The molecular weight excluding hydrogens is 266 g/mol. The summed E-state index contributed by atoms with van der Waals surface area (Å²) in [6, 6.07) is 10.1. The average molecular weight is 276 g/mol. The number of rotatable bonds is 2. The van der Waals surface area contributed by atoms with E-state index in [0.717, 1.165) is 21.6 Å². The Morgan fingerprint density at radius 3 is 3.00 bits per heavy atom. The summed E-state index contributed by atoms with van der Waals surface area (Å²) in [4.78, 5) is 4.43. The summed E-state index contributed by atoms with van der Waals surface area (Å²) >= 11 is 3.43. The van der Waals surface area contributed by atoms with E-state index in [0.29, 0.717) is 6.42 Å². The lowest BCUT2D eigenvalue weighted by atomic mass is 10.2. The average Bonchev–Trinajstić information content (AvgIpc) is 2.60. The van der Waals surface area contributed by atoms with Crippen molar-refractivity contribution < 1.29 is 0 Å². The fourth-order valence-electron chi connectivity index (χ4n) is 1.59. The van der Waals surface area contributed by atoms with Gasteiger partial charge >= 0.3 is 0 Å². The van der Waals surface area contributed by atoms with Crippen molar-refractivity contribution in [2.24, 2.45) is 7.05 Å². The molecule has 16 heavy (non-hydrogen) atoms. The fraction of sp³-hybridized carbons (Fsp3) is 0.167. The molecular formula is C12H10BrN3. The Labute approximate surface area is 102 Å². The first-order valence-corrected chi connectivity index (χ1v) is 5.65. The Morgan fingerprint density at radius 2 is 2.31 bits per heavy atom. The molecule has 0 bridgehead atoms. The van der Waals surface area contributed by atoms with Gasteiger partial charge in [0.15, 0.2) is 0 Å². The zero-order valence-electron chi connectivity index (χ0n) is 8.81. The summed E-state index contributed by atoms with van der Waals surface area (Å²) in [5.74, 6) is 0.881. The molecule has 1 aromatic carbocycles. The molecule has 0 atom stereocenters. The predicted molar refractivity (Wildman–Crippen MR) is 65.7 cm³/mol. The van der Waals surface area contributed by atoms with Crippen LogP contribution in [0.15, 0.2) is 34.9 Å². The molecule has 0 spiro atoms. The van der Waals surface area contributed by atoms with Crippen LogP contribution in [0, 0.1) is 11.3 Å². The lowest BCUT2D eigenvalue weighted by molar-refractivity contribution is 0.923. The fourth-order valence-corrected chi connectivity index (χ4v) is 1.99. The third kappa shape index (κ3) is 2.15. The SMILES string of the molecule is Cn1cc(CC#N)nc1-c1cccc(Br)c1. The molecule has 4 heteroatoms. The number of hydrogen-bond acceptors (Lipinski definition) is 2. The predicted octanol–water partition coefficient (Wildman–Crippen LogP) is 2.92. The standard InChI is InChI=1S/C12H10BrN3/c1-16-8-11(5-6-14)15-12(16)9-3-2-4-10(13)7-9/h2-4,7-8H,5H2,1H3. The summed E-state index contributed by atoms with van der Waals surface area (Å²) in [5, 5.41) is 8.63.